The van der Waals surface area contributed by atoms with Crippen LogP contribution in [0.5, 0.6) is 5.75 Å². The summed E-state index contributed by atoms with van der Waals surface area (Å²) in [7, 11) is 0.509. The van der Waals surface area contributed by atoms with Gasteiger partial charge in [-0.05, 0) is 71.7 Å². The second-order valence-corrected chi connectivity index (χ2v) is 27.0. The summed E-state index contributed by atoms with van der Waals surface area (Å²) in [6.07, 6.45) is -4.07. The van der Waals surface area contributed by atoms with Crippen LogP contribution in [0.2, 0.25) is 46.3 Å². The molecule has 0 spiro atoms. The van der Waals surface area contributed by atoms with Gasteiger partial charge in [-0.1, -0.05) is 102 Å². The first-order valence-corrected chi connectivity index (χ1v) is 24.1. The number of alkyl halides is 3. The molecule has 0 aliphatic carbocycles. The second kappa shape index (κ2) is 16.4. The van der Waals surface area contributed by atoms with E-state index in [0.29, 0.717) is 44.9 Å². The number of H-pyrrole nitrogens is 1. The molecule has 1 atom stereocenters. The number of hydrogen-bond acceptors (Lipinski definition) is 5. The molecule has 6 nitrogen and oxygen atoms in total. The van der Waals surface area contributed by atoms with Gasteiger partial charge in [0.2, 0.25) is 0 Å². The largest absolute Gasteiger partial charge is 0.491 e. The molecule has 0 aliphatic heterocycles. The second-order valence-electron chi connectivity index (χ2n) is 16.4. The molecule has 52 heavy (non-hydrogen) atoms. The Labute approximate surface area is 320 Å². The number of nitrogens with zero attached hydrogens (tertiary/aromatic N) is 2. The molecule has 0 aliphatic rings. The molecule has 0 bridgehead atoms. The Bertz CT molecular complexity index is 1780. The smallest absolute Gasteiger partial charge is 0.416 e. The third-order valence-electron chi connectivity index (χ3n) is 10.3. The first-order chi connectivity index (χ1) is 23.8. The monoisotopic (exact) mass is 797 g/mol. The zero-order chi connectivity index (χ0) is 39.6. The Morgan fingerprint density at radius 3 is 1.85 bits per heavy atom. The predicted octanol–water partition coefficient (Wildman–Crippen LogP) is 12.1. The van der Waals surface area contributed by atoms with Gasteiger partial charge >= 0.3 is 6.18 Å². The quantitative estimate of drug-likeness (QED) is 0.156. The highest BCUT2D eigenvalue weighted by Gasteiger charge is 2.46. The lowest BCUT2D eigenvalue weighted by Crippen LogP contribution is -2.53. The Balaban J connectivity index is 0.000000411. The Hall–Kier alpha value is -2.55. The molecule has 1 heterocycles. The number of aliphatic hydroxyl groups is 1. The molecular weight excluding hydrogens is 743 g/mol. The van der Waals surface area contributed by atoms with Crippen LogP contribution in [-0.2, 0) is 16.7 Å². The number of benzene rings is 3. The molecule has 0 fully saturated rings. The summed E-state index contributed by atoms with van der Waals surface area (Å²) in [4.78, 5) is 1.85. The van der Waals surface area contributed by atoms with Crippen molar-refractivity contribution in [2.45, 2.75) is 103 Å². The van der Waals surface area contributed by atoms with E-state index in [1.165, 1.54) is 0 Å². The average Bonchev–Trinajstić information content (AvgIpc) is 3.44. The van der Waals surface area contributed by atoms with Gasteiger partial charge in [-0.3, -0.25) is 5.10 Å². The fourth-order valence-electron chi connectivity index (χ4n) is 5.55. The lowest BCUT2D eigenvalue weighted by Gasteiger charge is -2.47. The van der Waals surface area contributed by atoms with Crippen molar-refractivity contribution in [1.82, 2.24) is 10.2 Å². The number of rotatable bonds is 10. The minimum atomic E-state index is -4.62. The van der Waals surface area contributed by atoms with Crippen molar-refractivity contribution < 1.29 is 27.1 Å². The van der Waals surface area contributed by atoms with Crippen LogP contribution in [0.1, 0.15) is 82.3 Å². The van der Waals surface area contributed by atoms with Gasteiger partial charge < -0.3 is 18.9 Å². The number of aromatic amines is 1. The molecule has 0 radical (unpaired) electrons. The summed E-state index contributed by atoms with van der Waals surface area (Å²) < 4.78 is 53.4. The van der Waals surface area contributed by atoms with Gasteiger partial charge in [0.05, 0.1) is 17.9 Å². The summed E-state index contributed by atoms with van der Waals surface area (Å²) in [6, 6.07) is 13.1. The average molecular weight is 799 g/mol. The first-order valence-electron chi connectivity index (χ1n) is 17.5. The molecule has 1 unspecified atom stereocenters. The highest BCUT2D eigenvalue weighted by Crippen LogP contribution is 2.50. The number of nitrogens with one attached hydrogen (secondary N) is 1. The summed E-state index contributed by atoms with van der Waals surface area (Å²) >= 11 is 13.3. The van der Waals surface area contributed by atoms with Gasteiger partial charge in [-0.25, -0.2) is 0 Å². The molecule has 0 saturated heterocycles. The molecule has 4 rings (SSSR count). The van der Waals surface area contributed by atoms with Gasteiger partial charge in [0.25, 0.3) is 0 Å². The summed E-state index contributed by atoms with van der Waals surface area (Å²) in [5.74, 6) is 0.376. The topological polar surface area (TPSA) is 70.6 Å². The van der Waals surface area contributed by atoms with E-state index in [4.69, 9.17) is 32.1 Å². The number of fused-ring (bicyclic) bond motifs is 1. The number of hydrogen-bond donors (Lipinski definition) is 2. The third-order valence-corrected chi connectivity index (χ3v) is 22.3. The zero-order valence-corrected chi connectivity index (χ0v) is 36.4. The SMILES string of the molecule is CC(C)(C)[Si](C)(C)O[Si](C)(C)C(C)(C)C.CCc1n[nH]c(N(C)C)c1C(c1c(Cl)cc(C(F)(F)F)cc1Cl)c1c(OCCO)ccc2ccccc12. The van der Waals surface area contributed by atoms with Crippen LogP contribution in [0.15, 0.2) is 48.5 Å². The van der Waals surface area contributed by atoms with Gasteiger partial charge in [-0.2, -0.15) is 18.3 Å². The number of anilines is 1. The normalized spacial score (nSPS) is 13.5. The summed E-state index contributed by atoms with van der Waals surface area (Å²) in [5, 5.41) is 19.1. The maximum absolute atomic E-state index is 13.6. The van der Waals surface area contributed by atoms with Gasteiger partial charge in [0.15, 0.2) is 16.6 Å². The van der Waals surface area contributed by atoms with Crippen molar-refractivity contribution in [2.75, 3.05) is 32.2 Å². The molecule has 0 amide bonds. The number of aliphatic hydroxyl groups excluding tert-OH is 1. The number of aryl methyl sites for hydroxylation is 1. The molecule has 0 saturated carbocycles. The van der Waals surface area contributed by atoms with E-state index >= 15 is 0 Å². The van der Waals surface area contributed by atoms with E-state index in [1.807, 2.05) is 56.3 Å². The number of ether oxygens (including phenoxy) is 1. The minimum absolute atomic E-state index is 0.0269. The van der Waals surface area contributed by atoms with Crippen LogP contribution < -0.4 is 9.64 Å². The highest BCUT2D eigenvalue weighted by molar-refractivity contribution is 6.87. The van der Waals surface area contributed by atoms with Crippen molar-refractivity contribution in [3.05, 3.63) is 86.5 Å². The molecule has 13 heteroatoms. The maximum atomic E-state index is 13.6. The number of halogens is 5. The molecule has 1 aromatic heterocycles. The van der Waals surface area contributed by atoms with E-state index in [2.05, 4.69) is 77.9 Å². The van der Waals surface area contributed by atoms with Crippen LogP contribution in [0, 0.1) is 0 Å². The summed E-state index contributed by atoms with van der Waals surface area (Å²) in [6.45, 7) is 25.0. The third kappa shape index (κ3) is 9.76. The maximum Gasteiger partial charge on any atom is 0.416 e. The lowest BCUT2D eigenvalue weighted by molar-refractivity contribution is -0.137. The fourth-order valence-corrected chi connectivity index (χ4v) is 13.8. The van der Waals surface area contributed by atoms with E-state index in [-0.39, 0.29) is 23.3 Å². The van der Waals surface area contributed by atoms with E-state index in [1.54, 1.807) is 6.07 Å². The lowest BCUT2D eigenvalue weighted by atomic mass is 9.81. The number of aromatic nitrogens is 2. The van der Waals surface area contributed by atoms with Gasteiger partial charge in [0.1, 0.15) is 18.2 Å². The molecule has 4 aromatic rings. The van der Waals surface area contributed by atoms with Crippen molar-refractivity contribution in [1.29, 1.82) is 0 Å². The van der Waals surface area contributed by atoms with Crippen LogP contribution in [0.25, 0.3) is 10.8 Å². The Morgan fingerprint density at radius 1 is 0.846 bits per heavy atom. The molecule has 3 aromatic carbocycles. The van der Waals surface area contributed by atoms with Crippen molar-refractivity contribution in [3.8, 4) is 5.75 Å². The molecule has 2 N–H and O–H groups in total. The van der Waals surface area contributed by atoms with E-state index in [0.717, 1.165) is 28.5 Å². The van der Waals surface area contributed by atoms with Gasteiger partial charge in [-0.15, -0.1) is 0 Å². The van der Waals surface area contributed by atoms with Gasteiger partial charge in [0, 0.05) is 46.7 Å². The zero-order valence-electron chi connectivity index (χ0n) is 32.9. The molecule has 288 valence electrons. The van der Waals surface area contributed by atoms with Crippen LogP contribution >= 0.6 is 23.2 Å². The first kappa shape index (κ1) is 43.9. The summed E-state index contributed by atoms with van der Waals surface area (Å²) in [5.41, 5.74) is 1.47. The predicted molar refractivity (Wildman–Crippen MR) is 217 cm³/mol. The van der Waals surface area contributed by atoms with Crippen molar-refractivity contribution in [3.63, 3.8) is 0 Å². The Morgan fingerprint density at radius 2 is 1.38 bits per heavy atom. The van der Waals surface area contributed by atoms with Crippen LogP contribution in [-0.4, -0.2) is 59.2 Å². The van der Waals surface area contributed by atoms with Crippen LogP contribution in [0.4, 0.5) is 19.0 Å². The Kier molecular flexibility index (Phi) is 13.9. The van der Waals surface area contributed by atoms with E-state index < -0.39 is 34.3 Å². The van der Waals surface area contributed by atoms with Crippen LogP contribution in [0.3, 0.4) is 0 Å². The van der Waals surface area contributed by atoms with Crippen molar-refractivity contribution in [2.24, 2.45) is 0 Å². The van der Waals surface area contributed by atoms with E-state index in [9.17, 15) is 18.3 Å². The highest BCUT2D eigenvalue weighted by atomic mass is 35.5. The van der Waals surface area contributed by atoms with Crippen molar-refractivity contribution >= 4 is 56.4 Å². The minimum Gasteiger partial charge on any atom is -0.491 e. The fraction of sp³-hybridized carbons (Fsp3) is 0.513. The standard InChI is InChI=1S/C27H26Cl2F3N3O2.C12H30OSi2/c1-4-20-24(26(34-33-20)35(2)3)25(23-18(28)13-16(14-19(23)29)27(30,31)32)22-17-8-6-5-7-15(17)9-10-21(22)37-12-11-36;1-11(2,3)14(7,8)13-15(9,10)12(4,5)6/h5-10,13-14,25,36H,4,11-12H2,1-3H3,(H,33,34);1-10H3. The molecular formula is C39H56Cl2F3N3O3Si2.